The van der Waals surface area contributed by atoms with Crippen LogP contribution in [0.2, 0.25) is 0 Å². The third-order valence-corrected chi connectivity index (χ3v) is 3.46. The molecule has 0 saturated heterocycles. The van der Waals surface area contributed by atoms with Gasteiger partial charge in [-0.1, -0.05) is 0 Å². The van der Waals surface area contributed by atoms with Gasteiger partial charge in [-0.05, 0) is 31.5 Å². The number of carboxylic acids is 1. The summed E-state index contributed by atoms with van der Waals surface area (Å²) in [7, 11) is 0. The lowest BCUT2D eigenvalue weighted by Gasteiger charge is -2.15. The van der Waals surface area contributed by atoms with Gasteiger partial charge in [0.2, 0.25) is 5.91 Å². The smallest absolute Gasteiger partial charge is 0.336 e. The van der Waals surface area contributed by atoms with E-state index in [4.69, 9.17) is 9.15 Å². The van der Waals surface area contributed by atoms with Crippen molar-refractivity contribution in [2.24, 2.45) is 0 Å². The summed E-state index contributed by atoms with van der Waals surface area (Å²) < 4.78 is 10.6. The summed E-state index contributed by atoms with van der Waals surface area (Å²) in [5, 5.41) is 15.4. The predicted molar refractivity (Wildman–Crippen MR) is 88.3 cm³/mol. The summed E-state index contributed by atoms with van der Waals surface area (Å²) in [5.41, 5.74) is 0.610. The maximum absolute atomic E-state index is 11.9. The second kappa shape index (κ2) is 8.15. The predicted octanol–water partition coefficient (Wildman–Crippen LogP) is -1.15. The highest BCUT2D eigenvalue weighted by Gasteiger charge is 2.16. The zero-order chi connectivity index (χ0) is 19.3. The van der Waals surface area contributed by atoms with Crippen LogP contribution in [0.5, 0.6) is 5.75 Å². The SMILES string of the molecule is Cc1cc(=O)oc2cc(O[C@@H](C)C(=O)NCC(=O)NCC(=O)[O-])ccc12. The van der Waals surface area contributed by atoms with Crippen LogP contribution in [0.3, 0.4) is 0 Å². The molecule has 9 heteroatoms. The molecule has 2 aromatic rings. The average Bonchev–Trinajstić information content (AvgIpc) is 2.57. The van der Waals surface area contributed by atoms with E-state index in [-0.39, 0.29) is 0 Å². The van der Waals surface area contributed by atoms with Crippen molar-refractivity contribution in [2.45, 2.75) is 20.0 Å². The highest BCUT2D eigenvalue weighted by atomic mass is 16.5. The number of carbonyl (C=O) groups is 3. The van der Waals surface area contributed by atoms with Crippen molar-refractivity contribution in [3.8, 4) is 5.75 Å². The Hall–Kier alpha value is -3.36. The first kappa shape index (κ1) is 19.0. The number of amides is 2. The van der Waals surface area contributed by atoms with Gasteiger partial charge in [-0.2, -0.15) is 0 Å². The van der Waals surface area contributed by atoms with Crippen LogP contribution >= 0.6 is 0 Å². The fourth-order valence-corrected chi connectivity index (χ4v) is 2.18. The lowest BCUT2D eigenvalue weighted by atomic mass is 10.1. The molecule has 0 fully saturated rings. The molecule has 2 rings (SSSR count). The van der Waals surface area contributed by atoms with Gasteiger partial charge in [0, 0.05) is 17.5 Å². The number of nitrogens with one attached hydrogen (secondary N) is 2. The van der Waals surface area contributed by atoms with Crippen molar-refractivity contribution in [1.82, 2.24) is 10.6 Å². The Bertz CT molecular complexity index is 904. The van der Waals surface area contributed by atoms with Gasteiger partial charge in [-0.3, -0.25) is 9.59 Å². The minimum atomic E-state index is -1.43. The van der Waals surface area contributed by atoms with Gasteiger partial charge < -0.3 is 29.7 Å². The second-order valence-corrected chi connectivity index (χ2v) is 5.53. The largest absolute Gasteiger partial charge is 0.548 e. The Morgan fingerprint density at radius 1 is 1.19 bits per heavy atom. The first-order valence-corrected chi connectivity index (χ1v) is 7.71. The number of hydrogen-bond donors (Lipinski definition) is 2. The molecular weight excluding hydrogens is 344 g/mol. The maximum atomic E-state index is 11.9. The Kier molecular flexibility index (Phi) is 5.94. The summed E-state index contributed by atoms with van der Waals surface area (Å²) >= 11 is 0. The van der Waals surface area contributed by atoms with Crippen molar-refractivity contribution in [3.63, 3.8) is 0 Å². The van der Waals surface area contributed by atoms with E-state index in [0.29, 0.717) is 11.3 Å². The highest BCUT2D eigenvalue weighted by Crippen LogP contribution is 2.22. The Morgan fingerprint density at radius 2 is 1.92 bits per heavy atom. The van der Waals surface area contributed by atoms with Gasteiger partial charge in [0.15, 0.2) is 6.10 Å². The number of rotatable bonds is 7. The van der Waals surface area contributed by atoms with E-state index in [9.17, 15) is 24.3 Å². The molecule has 0 aliphatic carbocycles. The van der Waals surface area contributed by atoms with Gasteiger partial charge in [-0.15, -0.1) is 0 Å². The monoisotopic (exact) mass is 361 g/mol. The van der Waals surface area contributed by atoms with E-state index in [1.54, 1.807) is 19.1 Å². The third kappa shape index (κ3) is 5.07. The summed E-state index contributed by atoms with van der Waals surface area (Å²) in [6.07, 6.45) is -0.932. The van der Waals surface area contributed by atoms with Crippen molar-refractivity contribution >= 4 is 28.8 Å². The lowest BCUT2D eigenvalue weighted by Crippen LogP contribution is -2.45. The zero-order valence-electron chi connectivity index (χ0n) is 14.2. The fraction of sp³-hybridized carbons (Fsp3) is 0.294. The molecule has 1 atom stereocenters. The van der Waals surface area contributed by atoms with Crippen molar-refractivity contribution in [1.29, 1.82) is 0 Å². The van der Waals surface area contributed by atoms with E-state index in [0.717, 1.165) is 10.9 Å². The topological polar surface area (TPSA) is 138 Å². The minimum Gasteiger partial charge on any atom is -0.548 e. The van der Waals surface area contributed by atoms with Crippen LogP contribution in [-0.2, 0) is 14.4 Å². The Balaban J connectivity index is 1.96. The van der Waals surface area contributed by atoms with Gasteiger partial charge in [0.05, 0.1) is 19.1 Å². The molecule has 0 saturated carbocycles. The summed E-state index contributed by atoms with van der Waals surface area (Å²) in [6, 6.07) is 6.22. The van der Waals surface area contributed by atoms with Crippen molar-refractivity contribution < 1.29 is 28.6 Å². The minimum absolute atomic E-state index is 0.315. The van der Waals surface area contributed by atoms with Crippen LogP contribution in [0.1, 0.15) is 12.5 Å². The molecular formula is C17H17N2O7-. The van der Waals surface area contributed by atoms with E-state index in [1.807, 2.05) is 0 Å². The van der Waals surface area contributed by atoms with Crippen LogP contribution in [0.4, 0.5) is 0 Å². The molecule has 1 aromatic carbocycles. The summed E-state index contributed by atoms with van der Waals surface area (Å²) in [5.74, 6) is -2.35. The quantitative estimate of drug-likeness (QED) is 0.594. The molecule has 1 aromatic heterocycles. The molecule has 0 aliphatic rings. The molecule has 0 unspecified atom stereocenters. The fourth-order valence-electron chi connectivity index (χ4n) is 2.18. The van der Waals surface area contributed by atoms with E-state index in [2.05, 4.69) is 10.6 Å². The van der Waals surface area contributed by atoms with Gasteiger partial charge in [0.1, 0.15) is 11.3 Å². The number of benzene rings is 1. The number of fused-ring (bicyclic) bond motifs is 1. The number of hydrogen-bond acceptors (Lipinski definition) is 7. The first-order chi connectivity index (χ1) is 12.3. The highest BCUT2D eigenvalue weighted by molar-refractivity contribution is 5.88. The molecule has 9 nitrogen and oxygen atoms in total. The van der Waals surface area contributed by atoms with Crippen LogP contribution in [0.15, 0.2) is 33.5 Å². The van der Waals surface area contributed by atoms with Crippen molar-refractivity contribution in [2.75, 3.05) is 13.1 Å². The number of aliphatic carboxylic acids is 1. The molecule has 2 amide bonds. The van der Waals surface area contributed by atoms with Crippen LogP contribution in [-0.4, -0.2) is 37.0 Å². The third-order valence-electron chi connectivity index (χ3n) is 3.46. The van der Waals surface area contributed by atoms with Gasteiger partial charge >= 0.3 is 5.63 Å². The number of aryl methyl sites for hydroxylation is 1. The van der Waals surface area contributed by atoms with E-state index in [1.165, 1.54) is 19.1 Å². The molecule has 0 spiro atoms. The summed E-state index contributed by atoms with van der Waals surface area (Å²) in [4.78, 5) is 45.0. The number of ether oxygens (including phenoxy) is 1. The molecule has 0 aliphatic heterocycles. The second-order valence-electron chi connectivity index (χ2n) is 5.53. The lowest BCUT2D eigenvalue weighted by molar-refractivity contribution is -0.304. The van der Waals surface area contributed by atoms with Crippen LogP contribution in [0.25, 0.3) is 11.0 Å². The number of carbonyl (C=O) groups excluding carboxylic acids is 3. The molecule has 0 bridgehead atoms. The van der Waals surface area contributed by atoms with Crippen molar-refractivity contribution in [3.05, 3.63) is 40.2 Å². The normalized spacial score (nSPS) is 11.6. The molecule has 1 heterocycles. The van der Waals surface area contributed by atoms with E-state index < -0.39 is 42.6 Å². The van der Waals surface area contributed by atoms with Crippen LogP contribution in [0, 0.1) is 6.92 Å². The average molecular weight is 361 g/mol. The number of carboxylic acid groups (broad SMARTS) is 1. The first-order valence-electron chi connectivity index (χ1n) is 7.71. The molecule has 26 heavy (non-hydrogen) atoms. The van der Waals surface area contributed by atoms with Gasteiger partial charge in [0.25, 0.3) is 5.91 Å². The molecule has 138 valence electrons. The Labute approximate surface area is 147 Å². The molecule has 0 radical (unpaired) electrons. The molecule has 2 N–H and O–H groups in total. The maximum Gasteiger partial charge on any atom is 0.336 e. The van der Waals surface area contributed by atoms with Gasteiger partial charge in [-0.25, -0.2) is 4.79 Å². The summed E-state index contributed by atoms with van der Waals surface area (Å²) in [6.45, 7) is 2.22. The van der Waals surface area contributed by atoms with E-state index >= 15 is 0 Å². The Morgan fingerprint density at radius 3 is 2.62 bits per heavy atom. The zero-order valence-corrected chi connectivity index (χ0v) is 14.2. The standard InChI is InChI=1S/C17H18N2O7/c1-9-5-16(23)26-13-6-11(3-4-12(9)13)25-10(2)17(24)19-7-14(20)18-8-15(21)22/h3-6,10H,7-8H2,1-2H3,(H,18,20)(H,19,24)(H,21,22)/p-1/t10-/m0/s1. The van der Waals surface area contributed by atoms with Crippen LogP contribution < -0.4 is 26.1 Å².